The van der Waals surface area contributed by atoms with E-state index in [0.717, 1.165) is 37.4 Å². The Morgan fingerprint density at radius 3 is 2.95 bits per heavy atom. The minimum Gasteiger partial charge on any atom is -0.487 e. The topological polar surface area (TPSA) is 39.1 Å². The zero-order valence-corrected chi connectivity index (χ0v) is 11.3. The SMILES string of the molecule is Clc1cccc(-n2cc(OC3CCNCC3)cn2)c1. The monoisotopic (exact) mass is 277 g/mol. The van der Waals surface area contributed by atoms with Crippen LogP contribution in [0, 0.1) is 0 Å². The fraction of sp³-hybridized carbons (Fsp3) is 0.357. The van der Waals surface area contributed by atoms with Gasteiger partial charge in [-0.2, -0.15) is 5.10 Å². The third-order valence-corrected chi connectivity index (χ3v) is 3.46. The van der Waals surface area contributed by atoms with Crippen LogP contribution in [0.5, 0.6) is 5.75 Å². The molecule has 1 N–H and O–H groups in total. The molecule has 2 heterocycles. The summed E-state index contributed by atoms with van der Waals surface area (Å²) in [7, 11) is 0. The summed E-state index contributed by atoms with van der Waals surface area (Å²) in [5.74, 6) is 0.812. The number of benzene rings is 1. The van der Waals surface area contributed by atoms with Gasteiger partial charge in [0, 0.05) is 5.02 Å². The highest BCUT2D eigenvalue weighted by Gasteiger charge is 2.15. The first-order valence-corrected chi connectivity index (χ1v) is 6.87. The molecule has 0 radical (unpaired) electrons. The van der Waals surface area contributed by atoms with Crippen molar-refractivity contribution in [1.82, 2.24) is 15.1 Å². The molecule has 4 nitrogen and oxygen atoms in total. The quantitative estimate of drug-likeness (QED) is 0.937. The summed E-state index contributed by atoms with van der Waals surface area (Å²) in [4.78, 5) is 0. The van der Waals surface area contributed by atoms with Gasteiger partial charge in [0.1, 0.15) is 6.10 Å². The zero-order chi connectivity index (χ0) is 13.1. The fourth-order valence-corrected chi connectivity index (χ4v) is 2.42. The van der Waals surface area contributed by atoms with Crippen molar-refractivity contribution in [2.45, 2.75) is 18.9 Å². The Morgan fingerprint density at radius 2 is 2.16 bits per heavy atom. The molecule has 2 aromatic rings. The highest BCUT2D eigenvalue weighted by molar-refractivity contribution is 6.30. The lowest BCUT2D eigenvalue weighted by Crippen LogP contribution is -2.34. The molecule has 0 spiro atoms. The van der Waals surface area contributed by atoms with Gasteiger partial charge in [-0.15, -0.1) is 0 Å². The van der Waals surface area contributed by atoms with Gasteiger partial charge < -0.3 is 10.1 Å². The van der Waals surface area contributed by atoms with E-state index in [2.05, 4.69) is 10.4 Å². The van der Waals surface area contributed by atoms with Crippen LogP contribution in [0.4, 0.5) is 0 Å². The molecule has 0 saturated carbocycles. The van der Waals surface area contributed by atoms with Crippen LogP contribution >= 0.6 is 11.6 Å². The molecule has 1 aromatic carbocycles. The van der Waals surface area contributed by atoms with Crippen molar-refractivity contribution >= 4 is 11.6 Å². The van der Waals surface area contributed by atoms with Gasteiger partial charge in [-0.3, -0.25) is 0 Å². The second-order valence-corrected chi connectivity index (χ2v) is 5.10. The van der Waals surface area contributed by atoms with E-state index in [1.54, 1.807) is 10.9 Å². The maximum atomic E-state index is 5.98. The van der Waals surface area contributed by atoms with Gasteiger partial charge in [0.2, 0.25) is 0 Å². The van der Waals surface area contributed by atoms with Crippen molar-refractivity contribution in [3.63, 3.8) is 0 Å². The van der Waals surface area contributed by atoms with Gasteiger partial charge in [-0.25, -0.2) is 4.68 Å². The molecular weight excluding hydrogens is 262 g/mol. The van der Waals surface area contributed by atoms with Gasteiger partial charge >= 0.3 is 0 Å². The van der Waals surface area contributed by atoms with Crippen molar-refractivity contribution in [2.24, 2.45) is 0 Å². The van der Waals surface area contributed by atoms with E-state index in [9.17, 15) is 0 Å². The lowest BCUT2D eigenvalue weighted by atomic mass is 10.1. The number of aromatic nitrogens is 2. The Kier molecular flexibility index (Phi) is 3.71. The molecule has 5 heteroatoms. The molecule has 3 rings (SSSR count). The molecule has 1 fully saturated rings. The Bertz CT molecular complexity index is 549. The molecule has 1 aliphatic heterocycles. The Balaban J connectivity index is 1.72. The standard InChI is InChI=1S/C14H16ClN3O/c15-11-2-1-3-12(8-11)18-10-14(9-17-18)19-13-4-6-16-7-5-13/h1-3,8-10,13,16H,4-7H2. The van der Waals surface area contributed by atoms with Crippen molar-refractivity contribution in [1.29, 1.82) is 0 Å². The molecule has 0 aliphatic carbocycles. The van der Waals surface area contributed by atoms with Crippen LogP contribution in [0.25, 0.3) is 5.69 Å². The largest absolute Gasteiger partial charge is 0.487 e. The van der Waals surface area contributed by atoms with E-state index in [0.29, 0.717) is 11.1 Å². The summed E-state index contributed by atoms with van der Waals surface area (Å²) in [6, 6.07) is 7.60. The summed E-state index contributed by atoms with van der Waals surface area (Å²) >= 11 is 5.98. The number of hydrogen-bond donors (Lipinski definition) is 1. The third kappa shape index (κ3) is 3.08. The van der Waals surface area contributed by atoms with Crippen LogP contribution in [0.15, 0.2) is 36.7 Å². The zero-order valence-electron chi connectivity index (χ0n) is 10.6. The number of piperidine rings is 1. The first kappa shape index (κ1) is 12.5. The second-order valence-electron chi connectivity index (χ2n) is 4.67. The van der Waals surface area contributed by atoms with Crippen LogP contribution in [0.2, 0.25) is 5.02 Å². The van der Waals surface area contributed by atoms with Gasteiger partial charge in [0.15, 0.2) is 5.75 Å². The van der Waals surface area contributed by atoms with Crippen molar-refractivity contribution < 1.29 is 4.74 Å². The van der Waals surface area contributed by atoms with Crippen molar-refractivity contribution in [3.05, 3.63) is 41.7 Å². The number of nitrogens with zero attached hydrogens (tertiary/aromatic N) is 2. The van der Waals surface area contributed by atoms with E-state index < -0.39 is 0 Å². The van der Waals surface area contributed by atoms with Gasteiger partial charge in [-0.1, -0.05) is 17.7 Å². The van der Waals surface area contributed by atoms with Crippen molar-refractivity contribution in [2.75, 3.05) is 13.1 Å². The molecule has 100 valence electrons. The van der Waals surface area contributed by atoms with E-state index in [1.165, 1.54) is 0 Å². The number of rotatable bonds is 3. The maximum absolute atomic E-state index is 5.98. The fourth-order valence-electron chi connectivity index (χ4n) is 2.23. The summed E-state index contributed by atoms with van der Waals surface area (Å²) in [5.41, 5.74) is 0.938. The average Bonchev–Trinajstić information content (AvgIpc) is 2.88. The molecule has 0 amide bonds. The number of hydrogen-bond acceptors (Lipinski definition) is 3. The predicted octanol–water partition coefficient (Wildman–Crippen LogP) is 2.66. The summed E-state index contributed by atoms with van der Waals surface area (Å²) in [6.07, 6.45) is 6.03. The lowest BCUT2D eigenvalue weighted by Gasteiger charge is -2.22. The molecule has 1 aliphatic rings. The van der Waals surface area contributed by atoms with E-state index in [-0.39, 0.29) is 0 Å². The smallest absolute Gasteiger partial charge is 0.158 e. The molecule has 0 atom stereocenters. The number of ether oxygens (including phenoxy) is 1. The van der Waals surface area contributed by atoms with Gasteiger partial charge in [0.25, 0.3) is 0 Å². The normalized spacial score (nSPS) is 16.5. The molecular formula is C14H16ClN3O. The first-order valence-electron chi connectivity index (χ1n) is 6.49. The van der Waals surface area contributed by atoms with Gasteiger partial charge in [0.05, 0.1) is 18.1 Å². The van der Waals surface area contributed by atoms with Crippen LogP contribution < -0.4 is 10.1 Å². The van der Waals surface area contributed by atoms with E-state index in [1.807, 2.05) is 30.5 Å². The molecule has 19 heavy (non-hydrogen) atoms. The summed E-state index contributed by atoms with van der Waals surface area (Å²) in [5, 5.41) is 8.34. The maximum Gasteiger partial charge on any atom is 0.158 e. The first-order chi connectivity index (χ1) is 9.31. The highest BCUT2D eigenvalue weighted by atomic mass is 35.5. The summed E-state index contributed by atoms with van der Waals surface area (Å²) < 4.78 is 7.71. The van der Waals surface area contributed by atoms with Crippen molar-refractivity contribution in [3.8, 4) is 11.4 Å². The van der Waals surface area contributed by atoms with Crippen LogP contribution in [-0.2, 0) is 0 Å². The average molecular weight is 278 g/mol. The third-order valence-electron chi connectivity index (χ3n) is 3.22. The Morgan fingerprint density at radius 1 is 1.32 bits per heavy atom. The molecule has 0 unspecified atom stereocenters. The highest BCUT2D eigenvalue weighted by Crippen LogP contribution is 2.19. The van der Waals surface area contributed by atoms with Gasteiger partial charge in [-0.05, 0) is 44.1 Å². The van der Waals surface area contributed by atoms with E-state index >= 15 is 0 Å². The predicted molar refractivity (Wildman–Crippen MR) is 75.1 cm³/mol. The van der Waals surface area contributed by atoms with Crippen LogP contribution in [0.3, 0.4) is 0 Å². The summed E-state index contributed by atoms with van der Waals surface area (Å²) in [6.45, 7) is 2.04. The lowest BCUT2D eigenvalue weighted by molar-refractivity contribution is 0.162. The van der Waals surface area contributed by atoms with Crippen LogP contribution in [0.1, 0.15) is 12.8 Å². The molecule has 1 saturated heterocycles. The second kappa shape index (κ2) is 5.63. The van der Waals surface area contributed by atoms with E-state index in [4.69, 9.17) is 16.3 Å². The number of halogens is 1. The Hall–Kier alpha value is -1.52. The number of nitrogens with one attached hydrogen (secondary N) is 1. The Labute approximate surface area is 117 Å². The molecule has 1 aromatic heterocycles. The minimum atomic E-state index is 0.290. The molecule has 0 bridgehead atoms. The van der Waals surface area contributed by atoms with Crippen LogP contribution in [-0.4, -0.2) is 29.0 Å². The minimum absolute atomic E-state index is 0.290.